The van der Waals surface area contributed by atoms with Crippen LogP contribution in [-0.4, -0.2) is 5.78 Å². The molecule has 19 heavy (non-hydrogen) atoms. The molecule has 0 bridgehead atoms. The molecule has 0 unspecified atom stereocenters. The number of hydrogen-bond acceptors (Lipinski definition) is 1. The summed E-state index contributed by atoms with van der Waals surface area (Å²) in [4.78, 5) is 12.0. The summed E-state index contributed by atoms with van der Waals surface area (Å²) >= 11 is 3.48. The van der Waals surface area contributed by atoms with E-state index >= 15 is 0 Å². The molecule has 0 N–H and O–H groups in total. The first-order chi connectivity index (χ1) is 9.15. The van der Waals surface area contributed by atoms with E-state index in [1.807, 2.05) is 24.3 Å². The number of halogens is 1. The Labute approximate surface area is 122 Å². The van der Waals surface area contributed by atoms with Gasteiger partial charge in [-0.1, -0.05) is 64.0 Å². The summed E-state index contributed by atoms with van der Waals surface area (Å²) in [6.45, 7) is 2.07. The largest absolute Gasteiger partial charge is 0.299 e. The topological polar surface area (TPSA) is 17.1 Å². The predicted molar refractivity (Wildman–Crippen MR) is 82.4 cm³/mol. The van der Waals surface area contributed by atoms with E-state index in [-0.39, 0.29) is 5.78 Å². The van der Waals surface area contributed by atoms with E-state index < -0.39 is 0 Å². The van der Waals surface area contributed by atoms with Crippen LogP contribution in [-0.2, 0) is 17.6 Å². The minimum atomic E-state index is 0.285. The van der Waals surface area contributed by atoms with Crippen molar-refractivity contribution in [3.63, 3.8) is 0 Å². The lowest BCUT2D eigenvalue weighted by atomic mass is 10.0. The van der Waals surface area contributed by atoms with Gasteiger partial charge in [0.1, 0.15) is 5.78 Å². The maximum atomic E-state index is 12.0. The van der Waals surface area contributed by atoms with Crippen molar-refractivity contribution in [1.29, 1.82) is 0 Å². The quantitative estimate of drug-likeness (QED) is 0.793. The Morgan fingerprint density at radius 2 is 1.74 bits per heavy atom. The lowest BCUT2D eigenvalue weighted by Crippen LogP contribution is -2.04. The van der Waals surface area contributed by atoms with Crippen LogP contribution in [0, 0.1) is 6.92 Å². The van der Waals surface area contributed by atoms with Crippen molar-refractivity contribution in [1.82, 2.24) is 0 Å². The van der Waals surface area contributed by atoms with Crippen LogP contribution in [0.25, 0.3) is 0 Å². The summed E-state index contributed by atoms with van der Waals surface area (Å²) in [5, 5.41) is 0. The molecule has 2 heteroatoms. The highest BCUT2D eigenvalue weighted by Crippen LogP contribution is 2.17. The van der Waals surface area contributed by atoms with Gasteiger partial charge >= 0.3 is 0 Å². The van der Waals surface area contributed by atoms with Crippen LogP contribution in [0.1, 0.15) is 23.1 Å². The summed E-state index contributed by atoms with van der Waals surface area (Å²) < 4.78 is 1.01. The lowest BCUT2D eigenvalue weighted by molar-refractivity contribution is -0.118. The van der Waals surface area contributed by atoms with Crippen molar-refractivity contribution in [2.24, 2.45) is 0 Å². The molecule has 2 aromatic rings. The second kappa shape index (κ2) is 6.67. The zero-order valence-electron chi connectivity index (χ0n) is 11.0. The number of carbonyl (C=O) groups is 1. The van der Waals surface area contributed by atoms with Crippen molar-refractivity contribution in [2.75, 3.05) is 0 Å². The number of rotatable bonds is 5. The molecule has 0 atom stereocenters. The second-order valence-electron chi connectivity index (χ2n) is 4.79. The Morgan fingerprint density at radius 3 is 2.42 bits per heavy atom. The maximum absolute atomic E-state index is 12.0. The molecule has 0 heterocycles. The Balaban J connectivity index is 1.88. The summed E-state index contributed by atoms with van der Waals surface area (Å²) in [5.74, 6) is 0.285. The van der Waals surface area contributed by atoms with Crippen LogP contribution in [0.2, 0.25) is 0 Å². The molecule has 0 saturated carbocycles. The van der Waals surface area contributed by atoms with E-state index in [2.05, 4.69) is 47.1 Å². The average Bonchev–Trinajstić information content (AvgIpc) is 2.41. The van der Waals surface area contributed by atoms with Gasteiger partial charge in [0.15, 0.2) is 0 Å². The second-order valence-corrected chi connectivity index (χ2v) is 5.65. The smallest absolute Gasteiger partial charge is 0.137 e. The van der Waals surface area contributed by atoms with Crippen LogP contribution >= 0.6 is 15.9 Å². The molecule has 0 saturated heterocycles. The van der Waals surface area contributed by atoms with Crippen LogP contribution < -0.4 is 0 Å². The SMILES string of the molecule is Cc1ccc(CCC(=O)Cc2ccccc2Br)cc1. The molecule has 0 aliphatic rings. The molecule has 0 fully saturated rings. The van der Waals surface area contributed by atoms with E-state index in [9.17, 15) is 4.79 Å². The summed E-state index contributed by atoms with van der Waals surface area (Å²) in [6.07, 6.45) is 1.93. The fraction of sp³-hybridized carbons (Fsp3) is 0.235. The van der Waals surface area contributed by atoms with E-state index in [0.717, 1.165) is 16.5 Å². The highest BCUT2D eigenvalue weighted by Gasteiger charge is 2.06. The fourth-order valence-corrected chi connectivity index (χ4v) is 2.41. The fourth-order valence-electron chi connectivity index (χ4n) is 1.98. The first-order valence-electron chi connectivity index (χ1n) is 6.46. The highest BCUT2D eigenvalue weighted by atomic mass is 79.9. The zero-order chi connectivity index (χ0) is 13.7. The summed E-state index contributed by atoms with van der Waals surface area (Å²) in [6, 6.07) is 16.3. The molecule has 0 aromatic heterocycles. The Morgan fingerprint density at radius 1 is 1.05 bits per heavy atom. The van der Waals surface area contributed by atoms with Gasteiger partial charge in [-0.2, -0.15) is 0 Å². The Bertz CT molecular complexity index is 558. The normalized spacial score (nSPS) is 10.4. The number of ketones is 1. The zero-order valence-corrected chi connectivity index (χ0v) is 12.6. The van der Waals surface area contributed by atoms with Crippen molar-refractivity contribution in [3.05, 3.63) is 69.7 Å². The molecular weight excluding hydrogens is 300 g/mol. The molecule has 2 aromatic carbocycles. The van der Waals surface area contributed by atoms with Crippen LogP contribution in [0.3, 0.4) is 0 Å². The van der Waals surface area contributed by atoms with Gasteiger partial charge in [-0.05, 0) is 30.5 Å². The van der Waals surface area contributed by atoms with Gasteiger partial charge < -0.3 is 0 Å². The van der Waals surface area contributed by atoms with E-state index in [1.165, 1.54) is 11.1 Å². The van der Waals surface area contributed by atoms with Gasteiger partial charge in [0.2, 0.25) is 0 Å². The first kappa shape index (κ1) is 14.0. The third-order valence-electron chi connectivity index (χ3n) is 3.16. The maximum Gasteiger partial charge on any atom is 0.137 e. The molecular formula is C17H17BrO. The Hall–Kier alpha value is -1.41. The number of hydrogen-bond donors (Lipinski definition) is 0. The van der Waals surface area contributed by atoms with Crippen molar-refractivity contribution in [3.8, 4) is 0 Å². The third kappa shape index (κ3) is 4.32. The number of Topliss-reactive ketones (excluding diaryl/α,β-unsaturated/α-hetero) is 1. The average molecular weight is 317 g/mol. The van der Waals surface area contributed by atoms with Crippen LogP contribution in [0.5, 0.6) is 0 Å². The Kier molecular flexibility index (Phi) is 4.92. The van der Waals surface area contributed by atoms with Gasteiger partial charge in [0.25, 0.3) is 0 Å². The molecule has 2 rings (SSSR count). The third-order valence-corrected chi connectivity index (χ3v) is 3.93. The highest BCUT2D eigenvalue weighted by molar-refractivity contribution is 9.10. The van der Waals surface area contributed by atoms with Gasteiger partial charge in [0, 0.05) is 17.3 Å². The van der Waals surface area contributed by atoms with Gasteiger partial charge in [-0.25, -0.2) is 0 Å². The van der Waals surface area contributed by atoms with Crippen molar-refractivity contribution >= 4 is 21.7 Å². The standard InChI is InChI=1S/C17H17BrO/c1-13-6-8-14(9-7-13)10-11-16(19)12-15-4-2-3-5-17(15)18/h2-9H,10-12H2,1H3. The van der Waals surface area contributed by atoms with Crippen LogP contribution in [0.4, 0.5) is 0 Å². The summed E-state index contributed by atoms with van der Waals surface area (Å²) in [7, 11) is 0. The number of carbonyl (C=O) groups excluding carboxylic acids is 1. The minimum absolute atomic E-state index is 0.285. The van der Waals surface area contributed by atoms with Gasteiger partial charge in [0.05, 0.1) is 0 Å². The van der Waals surface area contributed by atoms with Crippen molar-refractivity contribution in [2.45, 2.75) is 26.2 Å². The van der Waals surface area contributed by atoms with E-state index in [0.29, 0.717) is 12.8 Å². The minimum Gasteiger partial charge on any atom is -0.299 e. The molecule has 0 aliphatic heterocycles. The molecule has 1 nitrogen and oxygen atoms in total. The van der Waals surface area contributed by atoms with Crippen molar-refractivity contribution < 1.29 is 4.79 Å². The van der Waals surface area contributed by atoms with E-state index in [1.54, 1.807) is 0 Å². The van der Waals surface area contributed by atoms with Gasteiger partial charge in [-0.3, -0.25) is 4.79 Å². The molecule has 0 radical (unpaired) electrons. The molecule has 0 aliphatic carbocycles. The van der Waals surface area contributed by atoms with E-state index in [4.69, 9.17) is 0 Å². The molecule has 0 amide bonds. The monoisotopic (exact) mass is 316 g/mol. The molecule has 98 valence electrons. The van der Waals surface area contributed by atoms with Crippen LogP contribution in [0.15, 0.2) is 53.0 Å². The lowest BCUT2D eigenvalue weighted by Gasteiger charge is -2.04. The summed E-state index contributed by atoms with van der Waals surface area (Å²) in [5.41, 5.74) is 3.55. The molecule has 0 spiro atoms. The number of aryl methyl sites for hydroxylation is 2. The van der Waals surface area contributed by atoms with Gasteiger partial charge in [-0.15, -0.1) is 0 Å². The first-order valence-corrected chi connectivity index (χ1v) is 7.25. The number of benzene rings is 2. The predicted octanol–water partition coefficient (Wildman–Crippen LogP) is 4.50.